The highest BCUT2D eigenvalue weighted by atomic mass is 16.4. The number of allylic oxidation sites excluding steroid dienone is 8. The Balaban J connectivity index is 1.29. The molecule has 238 valence electrons. The van der Waals surface area contributed by atoms with Crippen LogP contribution in [0.4, 0.5) is 11.4 Å². The van der Waals surface area contributed by atoms with Crippen molar-refractivity contribution in [1.29, 1.82) is 0 Å². The van der Waals surface area contributed by atoms with Gasteiger partial charge in [0.1, 0.15) is 6.42 Å². The van der Waals surface area contributed by atoms with Crippen molar-refractivity contribution in [2.24, 2.45) is 0 Å². The molecular formula is C41H41N2O4+. The molecule has 6 nitrogen and oxygen atoms in total. The van der Waals surface area contributed by atoms with Gasteiger partial charge >= 0.3 is 11.9 Å². The smallest absolute Gasteiger partial charge is 0.309 e. The van der Waals surface area contributed by atoms with Crippen molar-refractivity contribution in [3.8, 4) is 0 Å². The number of carboxylic acid groups (broad SMARTS) is 2. The molecule has 0 saturated carbocycles. The summed E-state index contributed by atoms with van der Waals surface area (Å²) >= 11 is 0. The average molecular weight is 626 g/mol. The SMILES string of the molecule is CC1(C)C(/C=C/C=C/C=C/C=C2/N(CCC(=O)O)c3c(ccc4ccccc34)C2(C)C)=[N+](CCC(=O)O)c2c1ccc1ccccc21. The second-order valence-electron chi connectivity index (χ2n) is 13.3. The van der Waals surface area contributed by atoms with Gasteiger partial charge in [0.15, 0.2) is 12.3 Å². The van der Waals surface area contributed by atoms with Crippen LogP contribution in [0, 0.1) is 0 Å². The molecule has 2 N–H and O–H groups in total. The molecule has 4 aromatic rings. The minimum Gasteiger partial charge on any atom is -0.481 e. The minimum atomic E-state index is -0.817. The van der Waals surface area contributed by atoms with E-state index in [9.17, 15) is 19.8 Å². The molecule has 4 aromatic carbocycles. The molecule has 0 bridgehead atoms. The molecule has 0 spiro atoms. The fraction of sp³-hybridized carbons (Fsp3) is 0.244. The molecule has 0 fully saturated rings. The standard InChI is InChI=1S/C41H40N2O4/c1-40(2)32-22-20-28-14-10-12-16-30(28)38(32)42(26-24-36(44)45)34(40)18-8-6-5-7-9-19-35-41(3,4)33-23-21-29-15-11-13-17-31(29)39(33)43(35)27-25-37(46)47/h5-23H,24-27H2,1-4H3,(H-,44,45,46,47)/p+1. The Labute approximate surface area is 276 Å². The number of benzene rings is 4. The Bertz CT molecular complexity index is 2060. The molecule has 0 aromatic heterocycles. The molecule has 0 aliphatic carbocycles. The Hall–Kier alpha value is -5.23. The van der Waals surface area contributed by atoms with Crippen LogP contribution in [-0.2, 0) is 20.4 Å². The Morgan fingerprint density at radius 2 is 1.30 bits per heavy atom. The van der Waals surface area contributed by atoms with Crippen molar-refractivity contribution in [2.75, 3.05) is 18.0 Å². The first-order valence-corrected chi connectivity index (χ1v) is 16.1. The highest BCUT2D eigenvalue weighted by molar-refractivity contribution is 6.07. The van der Waals surface area contributed by atoms with E-state index in [-0.39, 0.29) is 23.7 Å². The van der Waals surface area contributed by atoms with Crippen LogP contribution in [-0.4, -0.2) is 45.5 Å². The van der Waals surface area contributed by atoms with E-state index in [1.165, 1.54) is 11.1 Å². The third-order valence-corrected chi connectivity index (χ3v) is 9.60. The summed E-state index contributed by atoms with van der Waals surface area (Å²) in [4.78, 5) is 25.4. The lowest BCUT2D eigenvalue weighted by Gasteiger charge is -2.26. The summed E-state index contributed by atoms with van der Waals surface area (Å²) in [5, 5.41) is 23.6. The van der Waals surface area contributed by atoms with Crippen LogP contribution >= 0.6 is 0 Å². The summed E-state index contributed by atoms with van der Waals surface area (Å²) in [6.07, 6.45) is 14.2. The highest BCUT2D eigenvalue weighted by Gasteiger charge is 2.45. The third kappa shape index (κ3) is 5.80. The summed E-state index contributed by atoms with van der Waals surface area (Å²) in [5.41, 5.74) is 6.09. The van der Waals surface area contributed by atoms with Crippen molar-refractivity contribution in [2.45, 2.75) is 51.4 Å². The summed E-state index contributed by atoms with van der Waals surface area (Å²) in [5.74, 6) is -1.63. The van der Waals surface area contributed by atoms with Crippen molar-refractivity contribution >= 4 is 50.6 Å². The van der Waals surface area contributed by atoms with E-state index < -0.39 is 11.9 Å². The maximum atomic E-state index is 11.6. The molecule has 2 aliphatic rings. The van der Waals surface area contributed by atoms with Gasteiger partial charge in [0.2, 0.25) is 5.69 Å². The number of carbonyl (C=O) groups is 2. The molecule has 2 aliphatic heterocycles. The fourth-order valence-electron chi connectivity index (χ4n) is 7.25. The van der Waals surface area contributed by atoms with Gasteiger partial charge in [-0.2, -0.15) is 4.58 Å². The largest absolute Gasteiger partial charge is 0.481 e. The van der Waals surface area contributed by atoms with E-state index in [4.69, 9.17) is 0 Å². The van der Waals surface area contributed by atoms with E-state index in [1.54, 1.807) is 0 Å². The van der Waals surface area contributed by atoms with Crippen LogP contribution in [0.25, 0.3) is 21.5 Å². The molecule has 0 radical (unpaired) electrons. The number of anilines is 1. The predicted molar refractivity (Wildman–Crippen MR) is 191 cm³/mol. The normalized spacial score (nSPS) is 17.6. The Morgan fingerprint density at radius 3 is 2.00 bits per heavy atom. The number of rotatable bonds is 10. The predicted octanol–water partition coefficient (Wildman–Crippen LogP) is 8.67. The van der Waals surface area contributed by atoms with Crippen LogP contribution < -0.4 is 4.90 Å². The second-order valence-corrected chi connectivity index (χ2v) is 13.3. The quantitative estimate of drug-likeness (QED) is 0.136. The maximum Gasteiger partial charge on any atom is 0.309 e. The highest BCUT2D eigenvalue weighted by Crippen LogP contribution is 2.51. The number of nitrogens with zero attached hydrogens (tertiary/aromatic N) is 2. The van der Waals surface area contributed by atoms with Crippen LogP contribution in [0.3, 0.4) is 0 Å². The van der Waals surface area contributed by atoms with Gasteiger partial charge in [0, 0.05) is 34.7 Å². The lowest BCUT2D eigenvalue weighted by Crippen LogP contribution is -2.28. The Kier molecular flexibility index (Phi) is 8.45. The average Bonchev–Trinajstić information content (AvgIpc) is 3.40. The van der Waals surface area contributed by atoms with Crippen LogP contribution in [0.15, 0.2) is 121 Å². The van der Waals surface area contributed by atoms with Gasteiger partial charge in [0.05, 0.1) is 22.9 Å². The van der Waals surface area contributed by atoms with Crippen LogP contribution in [0.2, 0.25) is 0 Å². The molecule has 2 heterocycles. The topological polar surface area (TPSA) is 80.9 Å². The molecule has 47 heavy (non-hydrogen) atoms. The molecule has 6 heteroatoms. The molecular weight excluding hydrogens is 584 g/mol. The number of aliphatic carboxylic acids is 2. The number of carboxylic acids is 2. The first-order valence-electron chi connectivity index (χ1n) is 16.1. The van der Waals surface area contributed by atoms with E-state index in [2.05, 4.69) is 97.9 Å². The molecule has 0 unspecified atom stereocenters. The van der Waals surface area contributed by atoms with Gasteiger partial charge in [-0.25, -0.2) is 0 Å². The van der Waals surface area contributed by atoms with Gasteiger partial charge < -0.3 is 15.1 Å². The van der Waals surface area contributed by atoms with Gasteiger partial charge in [-0.15, -0.1) is 0 Å². The summed E-state index contributed by atoms with van der Waals surface area (Å²) < 4.78 is 2.17. The molecule has 6 rings (SSSR count). The Morgan fingerprint density at radius 1 is 0.702 bits per heavy atom. The zero-order chi connectivity index (χ0) is 33.3. The third-order valence-electron chi connectivity index (χ3n) is 9.60. The first kappa shape index (κ1) is 31.7. The molecule has 0 saturated heterocycles. The summed E-state index contributed by atoms with van der Waals surface area (Å²) in [6, 6.07) is 25.1. The van der Waals surface area contributed by atoms with Gasteiger partial charge in [-0.05, 0) is 42.3 Å². The number of hydrogen-bond acceptors (Lipinski definition) is 3. The van der Waals surface area contributed by atoms with Crippen molar-refractivity contribution in [3.63, 3.8) is 0 Å². The van der Waals surface area contributed by atoms with E-state index >= 15 is 0 Å². The van der Waals surface area contributed by atoms with E-state index in [1.807, 2.05) is 54.6 Å². The van der Waals surface area contributed by atoms with E-state index in [0.717, 1.165) is 44.3 Å². The van der Waals surface area contributed by atoms with Gasteiger partial charge in [0.25, 0.3) is 0 Å². The summed E-state index contributed by atoms with van der Waals surface area (Å²) in [7, 11) is 0. The van der Waals surface area contributed by atoms with Gasteiger partial charge in [-0.3, -0.25) is 9.59 Å². The zero-order valence-corrected chi connectivity index (χ0v) is 27.4. The maximum absolute atomic E-state index is 11.6. The number of hydrogen-bond donors (Lipinski definition) is 2. The lowest BCUT2D eigenvalue weighted by molar-refractivity contribution is -0.435. The van der Waals surface area contributed by atoms with Crippen molar-refractivity contribution in [3.05, 3.63) is 132 Å². The molecule has 0 amide bonds. The summed E-state index contributed by atoms with van der Waals surface area (Å²) in [6.45, 7) is 9.55. The second kappa shape index (κ2) is 12.5. The minimum absolute atomic E-state index is 0.0445. The van der Waals surface area contributed by atoms with Crippen LogP contribution in [0.1, 0.15) is 51.7 Å². The fourth-order valence-corrected chi connectivity index (χ4v) is 7.25. The van der Waals surface area contributed by atoms with Crippen molar-refractivity contribution in [1.82, 2.24) is 0 Å². The van der Waals surface area contributed by atoms with E-state index in [0.29, 0.717) is 13.1 Å². The van der Waals surface area contributed by atoms with Crippen molar-refractivity contribution < 1.29 is 24.4 Å². The van der Waals surface area contributed by atoms with Gasteiger partial charge in [-0.1, -0.05) is 111 Å². The lowest BCUT2D eigenvalue weighted by atomic mass is 9.80. The van der Waals surface area contributed by atoms with Crippen LogP contribution in [0.5, 0.6) is 0 Å². The monoisotopic (exact) mass is 625 g/mol. The first-order chi connectivity index (χ1) is 22.5. The zero-order valence-electron chi connectivity index (χ0n) is 27.4. The molecule has 0 atom stereocenters. The number of fused-ring (bicyclic) bond motifs is 6.